The lowest BCUT2D eigenvalue weighted by atomic mass is 10.1. The van der Waals surface area contributed by atoms with Crippen LogP contribution in [0.4, 0.5) is 0 Å². The number of piperazine rings is 1. The van der Waals surface area contributed by atoms with Gasteiger partial charge >= 0.3 is 0 Å². The molecule has 3 heterocycles. The van der Waals surface area contributed by atoms with E-state index in [0.717, 1.165) is 60.4 Å². The molecule has 1 fully saturated rings. The van der Waals surface area contributed by atoms with Crippen LogP contribution in [0.3, 0.4) is 0 Å². The number of nitrogens with zero attached hydrogens (tertiary/aromatic N) is 4. The van der Waals surface area contributed by atoms with Crippen molar-refractivity contribution >= 4 is 22.2 Å². The molecule has 0 N–H and O–H groups in total. The molecule has 0 unspecified atom stereocenters. The van der Waals surface area contributed by atoms with E-state index in [1.807, 2.05) is 45.3 Å². The van der Waals surface area contributed by atoms with E-state index in [1.165, 1.54) is 0 Å². The number of hydrogen-bond donors (Lipinski definition) is 0. The highest BCUT2D eigenvalue weighted by atomic mass is 32.1. The second kappa shape index (κ2) is 8.20. The van der Waals surface area contributed by atoms with Crippen molar-refractivity contribution in [2.75, 3.05) is 40.4 Å². The monoisotopic (exact) mass is 400 g/mol. The fourth-order valence-corrected chi connectivity index (χ4v) is 4.25. The van der Waals surface area contributed by atoms with E-state index in [1.54, 1.807) is 25.6 Å². The lowest BCUT2D eigenvalue weighted by Crippen LogP contribution is -2.48. The van der Waals surface area contributed by atoms with Crippen molar-refractivity contribution in [3.05, 3.63) is 47.2 Å². The van der Waals surface area contributed by atoms with E-state index in [9.17, 15) is 4.79 Å². The zero-order valence-electron chi connectivity index (χ0n) is 16.1. The number of rotatable bonds is 6. The van der Waals surface area contributed by atoms with Gasteiger partial charge in [0.25, 0.3) is 0 Å². The molecule has 2 aromatic heterocycles. The van der Waals surface area contributed by atoms with Crippen molar-refractivity contribution in [1.82, 2.24) is 19.2 Å². The summed E-state index contributed by atoms with van der Waals surface area (Å²) in [5.74, 6) is 1.83. The molecule has 148 valence electrons. The first-order chi connectivity index (χ1) is 13.7. The van der Waals surface area contributed by atoms with Crippen LogP contribution in [0.5, 0.6) is 11.5 Å². The number of imidazole rings is 1. The van der Waals surface area contributed by atoms with Gasteiger partial charge in [0.1, 0.15) is 11.5 Å². The van der Waals surface area contributed by atoms with E-state index in [-0.39, 0.29) is 5.91 Å². The number of aromatic nitrogens is 2. The zero-order chi connectivity index (χ0) is 19.5. The van der Waals surface area contributed by atoms with Gasteiger partial charge in [-0.05, 0) is 18.2 Å². The molecule has 7 nitrogen and oxygen atoms in total. The van der Waals surface area contributed by atoms with Gasteiger partial charge in [0.05, 0.1) is 26.3 Å². The van der Waals surface area contributed by atoms with Gasteiger partial charge in [-0.1, -0.05) is 0 Å². The quantitative estimate of drug-likeness (QED) is 0.636. The van der Waals surface area contributed by atoms with Crippen molar-refractivity contribution < 1.29 is 14.3 Å². The predicted molar refractivity (Wildman–Crippen MR) is 108 cm³/mol. The second-order valence-electron chi connectivity index (χ2n) is 6.84. The van der Waals surface area contributed by atoms with Crippen molar-refractivity contribution in [1.29, 1.82) is 0 Å². The Bertz CT molecular complexity index is 931. The minimum atomic E-state index is 0.143. The summed E-state index contributed by atoms with van der Waals surface area (Å²) in [4.78, 5) is 22.4. The summed E-state index contributed by atoms with van der Waals surface area (Å²) in [5.41, 5.74) is 1.93. The molecule has 8 heteroatoms. The number of carbonyl (C=O) groups excluding carboxylic acids is 1. The minimum absolute atomic E-state index is 0.143. The van der Waals surface area contributed by atoms with Crippen LogP contribution in [0, 0.1) is 0 Å². The van der Waals surface area contributed by atoms with Crippen molar-refractivity contribution in [2.45, 2.75) is 13.0 Å². The summed E-state index contributed by atoms with van der Waals surface area (Å²) in [7, 11) is 3.35. The predicted octanol–water partition coefficient (Wildman–Crippen LogP) is 2.30. The van der Waals surface area contributed by atoms with Crippen LogP contribution in [0.25, 0.3) is 4.96 Å². The molecule has 1 amide bonds. The molecule has 0 atom stereocenters. The molecule has 1 saturated heterocycles. The first-order valence-corrected chi connectivity index (χ1v) is 10.2. The Hall–Kier alpha value is -2.58. The first-order valence-electron chi connectivity index (χ1n) is 9.28. The molecule has 1 aromatic carbocycles. The third kappa shape index (κ3) is 3.98. The number of ether oxygens (including phenoxy) is 2. The standard InChI is InChI=1S/C20H24N4O3S/c1-26-17-3-4-18(27-2)15(11-17)13-22-5-7-23(8-6-22)19(25)12-16-14-24-9-10-28-20(24)21-16/h3-4,9-11,14H,5-8,12-13H2,1-2H3. The summed E-state index contributed by atoms with van der Waals surface area (Å²) in [6, 6.07) is 5.85. The third-order valence-corrected chi connectivity index (χ3v) is 5.85. The topological polar surface area (TPSA) is 59.3 Å². The van der Waals surface area contributed by atoms with Gasteiger partial charge in [0.15, 0.2) is 4.96 Å². The normalized spacial score (nSPS) is 15.1. The lowest BCUT2D eigenvalue weighted by Gasteiger charge is -2.35. The Balaban J connectivity index is 1.33. The Morgan fingerprint density at radius 2 is 2.00 bits per heavy atom. The highest BCUT2D eigenvalue weighted by Crippen LogP contribution is 2.25. The number of amides is 1. The molecule has 3 aromatic rings. The molecule has 0 spiro atoms. The van der Waals surface area contributed by atoms with Crippen LogP contribution in [0.2, 0.25) is 0 Å². The van der Waals surface area contributed by atoms with Gasteiger partial charge < -0.3 is 14.4 Å². The van der Waals surface area contributed by atoms with Gasteiger partial charge in [0.2, 0.25) is 5.91 Å². The molecule has 0 saturated carbocycles. The summed E-state index contributed by atoms with van der Waals surface area (Å²) in [6.07, 6.45) is 4.26. The van der Waals surface area contributed by atoms with E-state index in [4.69, 9.17) is 9.47 Å². The molecule has 0 bridgehead atoms. The number of hydrogen-bond acceptors (Lipinski definition) is 6. The van der Waals surface area contributed by atoms with Crippen molar-refractivity contribution in [3.63, 3.8) is 0 Å². The maximum absolute atomic E-state index is 12.6. The fraction of sp³-hybridized carbons (Fsp3) is 0.400. The smallest absolute Gasteiger partial charge is 0.228 e. The number of thiazole rings is 1. The Morgan fingerprint density at radius 3 is 2.71 bits per heavy atom. The van der Waals surface area contributed by atoms with E-state index >= 15 is 0 Å². The summed E-state index contributed by atoms with van der Waals surface area (Å²) in [6.45, 7) is 3.91. The zero-order valence-corrected chi connectivity index (χ0v) is 16.9. The van der Waals surface area contributed by atoms with Crippen molar-refractivity contribution in [3.8, 4) is 11.5 Å². The fourth-order valence-electron chi connectivity index (χ4n) is 3.53. The molecule has 0 radical (unpaired) electrons. The number of benzene rings is 1. The average molecular weight is 401 g/mol. The van der Waals surface area contributed by atoms with E-state index < -0.39 is 0 Å². The van der Waals surface area contributed by atoms with Crippen LogP contribution in [0.1, 0.15) is 11.3 Å². The minimum Gasteiger partial charge on any atom is -0.497 e. The van der Waals surface area contributed by atoms with Gasteiger partial charge in [0, 0.05) is 56.1 Å². The number of fused-ring (bicyclic) bond motifs is 1. The number of carbonyl (C=O) groups is 1. The molecular weight excluding hydrogens is 376 g/mol. The van der Waals surface area contributed by atoms with Gasteiger partial charge in [-0.2, -0.15) is 0 Å². The Labute approximate surface area is 168 Å². The van der Waals surface area contributed by atoms with Crippen LogP contribution < -0.4 is 9.47 Å². The summed E-state index contributed by atoms with van der Waals surface area (Å²) in [5, 5.41) is 1.99. The summed E-state index contributed by atoms with van der Waals surface area (Å²) < 4.78 is 12.8. The molecule has 0 aliphatic carbocycles. The average Bonchev–Trinajstić information content (AvgIpc) is 3.30. The third-order valence-electron chi connectivity index (χ3n) is 5.08. The Morgan fingerprint density at radius 1 is 1.18 bits per heavy atom. The largest absolute Gasteiger partial charge is 0.497 e. The first kappa shape index (κ1) is 18.8. The highest BCUT2D eigenvalue weighted by molar-refractivity contribution is 7.15. The highest BCUT2D eigenvalue weighted by Gasteiger charge is 2.23. The molecule has 1 aliphatic rings. The van der Waals surface area contributed by atoms with E-state index in [0.29, 0.717) is 6.42 Å². The molecule has 4 rings (SSSR count). The SMILES string of the molecule is COc1ccc(OC)c(CN2CCN(C(=O)Cc3cn4ccsc4n3)CC2)c1. The second-order valence-corrected chi connectivity index (χ2v) is 7.71. The van der Waals surface area contributed by atoms with Gasteiger partial charge in [-0.15, -0.1) is 11.3 Å². The van der Waals surface area contributed by atoms with Gasteiger partial charge in [-0.3, -0.25) is 14.1 Å². The molecular formula is C20H24N4O3S. The van der Waals surface area contributed by atoms with Gasteiger partial charge in [-0.25, -0.2) is 4.98 Å². The van der Waals surface area contributed by atoms with Crippen LogP contribution in [-0.4, -0.2) is 65.5 Å². The maximum Gasteiger partial charge on any atom is 0.228 e. The van der Waals surface area contributed by atoms with Crippen molar-refractivity contribution in [2.24, 2.45) is 0 Å². The van der Waals surface area contributed by atoms with E-state index in [2.05, 4.69) is 9.88 Å². The van der Waals surface area contributed by atoms with Crippen LogP contribution in [0.15, 0.2) is 36.0 Å². The lowest BCUT2D eigenvalue weighted by molar-refractivity contribution is -0.132. The van der Waals surface area contributed by atoms with Crippen LogP contribution in [-0.2, 0) is 17.8 Å². The maximum atomic E-state index is 12.6. The number of methoxy groups -OCH3 is 2. The van der Waals surface area contributed by atoms with Crippen LogP contribution >= 0.6 is 11.3 Å². The Kier molecular flexibility index (Phi) is 5.50. The molecule has 28 heavy (non-hydrogen) atoms. The molecule has 1 aliphatic heterocycles. The summed E-state index contributed by atoms with van der Waals surface area (Å²) >= 11 is 1.58.